The van der Waals surface area contributed by atoms with Gasteiger partial charge in [-0.3, -0.25) is 9.20 Å². The third-order valence-corrected chi connectivity index (χ3v) is 6.17. The van der Waals surface area contributed by atoms with Gasteiger partial charge in [-0.25, -0.2) is 4.98 Å². The van der Waals surface area contributed by atoms with Crippen LogP contribution in [0.25, 0.3) is 27.5 Å². The second kappa shape index (κ2) is 9.72. The van der Waals surface area contributed by atoms with Crippen LogP contribution in [0.15, 0.2) is 65.6 Å². The Hall–Kier alpha value is -2.89. The highest BCUT2D eigenvalue weighted by Crippen LogP contribution is 2.26. The molecular formula is C26H29ClN4O. The van der Waals surface area contributed by atoms with Crippen molar-refractivity contribution in [3.63, 3.8) is 0 Å². The number of benzene rings is 2. The van der Waals surface area contributed by atoms with Crippen LogP contribution >= 0.6 is 12.4 Å². The normalized spacial score (nSPS) is 15.7. The van der Waals surface area contributed by atoms with Crippen molar-refractivity contribution in [2.45, 2.75) is 38.6 Å². The SMILES string of the molecule is CCCCc1nc2c3ccccc3ccn2c(=O)c1-c1ccc(N[C@@H]2CCNC2)cc1.Cl. The summed E-state index contributed by atoms with van der Waals surface area (Å²) in [6.07, 6.45) is 5.85. The molecule has 32 heavy (non-hydrogen) atoms. The summed E-state index contributed by atoms with van der Waals surface area (Å²) in [5.74, 6) is 0. The van der Waals surface area contributed by atoms with Crippen LogP contribution in [0.1, 0.15) is 31.9 Å². The predicted octanol–water partition coefficient (Wildman–Crippen LogP) is 5.05. The zero-order valence-corrected chi connectivity index (χ0v) is 19.1. The molecule has 2 aromatic carbocycles. The molecule has 0 bridgehead atoms. The fourth-order valence-corrected chi connectivity index (χ4v) is 4.47. The Kier molecular flexibility index (Phi) is 6.77. The maximum Gasteiger partial charge on any atom is 0.266 e. The quantitative estimate of drug-likeness (QED) is 0.405. The summed E-state index contributed by atoms with van der Waals surface area (Å²) in [5.41, 5.74) is 4.38. The van der Waals surface area contributed by atoms with Crippen LogP contribution in [-0.2, 0) is 6.42 Å². The highest BCUT2D eigenvalue weighted by Gasteiger charge is 2.17. The predicted molar refractivity (Wildman–Crippen MR) is 135 cm³/mol. The molecule has 1 atom stereocenters. The maximum atomic E-state index is 13.6. The fourth-order valence-electron chi connectivity index (χ4n) is 4.47. The number of unbranched alkanes of at least 4 members (excludes halogenated alkanes) is 1. The molecule has 0 radical (unpaired) electrons. The van der Waals surface area contributed by atoms with E-state index in [1.54, 1.807) is 4.40 Å². The van der Waals surface area contributed by atoms with Crippen LogP contribution in [-0.4, -0.2) is 28.5 Å². The molecule has 0 unspecified atom stereocenters. The number of nitrogens with one attached hydrogen (secondary N) is 2. The Morgan fingerprint density at radius 1 is 1.12 bits per heavy atom. The molecule has 5 rings (SSSR count). The van der Waals surface area contributed by atoms with Crippen molar-refractivity contribution in [2.75, 3.05) is 18.4 Å². The van der Waals surface area contributed by atoms with Gasteiger partial charge in [-0.1, -0.05) is 49.7 Å². The van der Waals surface area contributed by atoms with Crippen molar-refractivity contribution in [3.8, 4) is 11.1 Å². The third-order valence-electron chi connectivity index (χ3n) is 6.17. The Labute approximate surface area is 194 Å². The lowest BCUT2D eigenvalue weighted by Gasteiger charge is -2.15. The molecule has 0 saturated carbocycles. The van der Waals surface area contributed by atoms with Gasteiger partial charge in [0.1, 0.15) is 5.65 Å². The average Bonchev–Trinajstić information content (AvgIpc) is 3.31. The van der Waals surface area contributed by atoms with E-state index in [4.69, 9.17) is 4.98 Å². The molecule has 0 spiro atoms. The molecule has 1 aliphatic heterocycles. The molecular weight excluding hydrogens is 420 g/mol. The van der Waals surface area contributed by atoms with E-state index >= 15 is 0 Å². The number of pyridine rings is 1. The van der Waals surface area contributed by atoms with Gasteiger partial charge < -0.3 is 10.6 Å². The lowest BCUT2D eigenvalue weighted by molar-refractivity contribution is 0.775. The number of nitrogens with zero attached hydrogens (tertiary/aromatic N) is 2. The number of halogens is 1. The van der Waals surface area contributed by atoms with Crippen LogP contribution in [0.2, 0.25) is 0 Å². The Morgan fingerprint density at radius 2 is 1.94 bits per heavy atom. The molecule has 6 heteroatoms. The Morgan fingerprint density at radius 3 is 2.69 bits per heavy atom. The van der Waals surface area contributed by atoms with Crippen molar-refractivity contribution in [3.05, 3.63) is 76.8 Å². The van der Waals surface area contributed by atoms with E-state index in [0.29, 0.717) is 6.04 Å². The van der Waals surface area contributed by atoms with Crippen LogP contribution < -0.4 is 16.2 Å². The molecule has 0 amide bonds. The van der Waals surface area contributed by atoms with E-state index in [1.807, 2.05) is 42.6 Å². The van der Waals surface area contributed by atoms with Gasteiger partial charge in [-0.2, -0.15) is 0 Å². The summed E-state index contributed by atoms with van der Waals surface area (Å²) in [6.45, 7) is 4.22. The Bertz CT molecular complexity index is 1280. The van der Waals surface area contributed by atoms with E-state index in [-0.39, 0.29) is 18.0 Å². The van der Waals surface area contributed by atoms with Gasteiger partial charge in [-0.15, -0.1) is 12.4 Å². The van der Waals surface area contributed by atoms with Crippen LogP contribution in [0.3, 0.4) is 0 Å². The first-order valence-corrected chi connectivity index (χ1v) is 11.3. The van der Waals surface area contributed by atoms with Crippen LogP contribution in [0, 0.1) is 0 Å². The van der Waals surface area contributed by atoms with Gasteiger partial charge in [0.05, 0.1) is 11.3 Å². The molecule has 0 aliphatic carbocycles. The molecule has 2 N–H and O–H groups in total. The van der Waals surface area contributed by atoms with E-state index in [1.165, 1.54) is 0 Å². The van der Waals surface area contributed by atoms with Gasteiger partial charge in [-0.05, 0) is 55.0 Å². The van der Waals surface area contributed by atoms with Gasteiger partial charge in [0.25, 0.3) is 5.56 Å². The van der Waals surface area contributed by atoms with Crippen molar-refractivity contribution in [2.24, 2.45) is 0 Å². The minimum atomic E-state index is 0. The fraction of sp³-hybridized carbons (Fsp3) is 0.308. The number of aromatic nitrogens is 2. The first-order chi connectivity index (χ1) is 15.2. The third kappa shape index (κ3) is 4.23. The number of rotatable bonds is 6. The smallest absolute Gasteiger partial charge is 0.266 e. The van der Waals surface area contributed by atoms with Crippen molar-refractivity contribution in [1.29, 1.82) is 0 Å². The highest BCUT2D eigenvalue weighted by atomic mass is 35.5. The number of fused-ring (bicyclic) bond motifs is 3. The average molecular weight is 449 g/mol. The summed E-state index contributed by atoms with van der Waals surface area (Å²) >= 11 is 0. The number of aryl methyl sites for hydroxylation is 1. The van der Waals surface area contributed by atoms with Crippen molar-refractivity contribution >= 4 is 34.5 Å². The van der Waals surface area contributed by atoms with Crippen LogP contribution in [0.5, 0.6) is 0 Å². The summed E-state index contributed by atoms with van der Waals surface area (Å²) in [4.78, 5) is 18.6. The maximum absolute atomic E-state index is 13.6. The monoisotopic (exact) mass is 448 g/mol. The second-order valence-electron chi connectivity index (χ2n) is 8.35. The van der Waals surface area contributed by atoms with E-state index < -0.39 is 0 Å². The minimum Gasteiger partial charge on any atom is -0.381 e. The molecule has 5 nitrogen and oxygen atoms in total. The molecule has 166 valence electrons. The molecule has 2 aromatic heterocycles. The van der Waals surface area contributed by atoms with E-state index in [0.717, 1.165) is 77.7 Å². The zero-order chi connectivity index (χ0) is 21.2. The zero-order valence-electron chi connectivity index (χ0n) is 18.3. The number of hydrogen-bond donors (Lipinski definition) is 2. The molecule has 1 saturated heterocycles. The lowest BCUT2D eigenvalue weighted by atomic mass is 10.0. The summed E-state index contributed by atoms with van der Waals surface area (Å²) in [5, 5.41) is 9.06. The van der Waals surface area contributed by atoms with Gasteiger partial charge >= 0.3 is 0 Å². The first kappa shape index (κ1) is 22.3. The van der Waals surface area contributed by atoms with Gasteiger partial charge in [0.15, 0.2) is 0 Å². The molecule has 1 fully saturated rings. The minimum absolute atomic E-state index is 0. The summed E-state index contributed by atoms with van der Waals surface area (Å²) in [7, 11) is 0. The molecule has 3 heterocycles. The van der Waals surface area contributed by atoms with E-state index in [2.05, 4.69) is 35.8 Å². The Balaban J connectivity index is 0.00000245. The largest absolute Gasteiger partial charge is 0.381 e. The topological polar surface area (TPSA) is 58.4 Å². The van der Waals surface area contributed by atoms with Crippen molar-refractivity contribution in [1.82, 2.24) is 14.7 Å². The lowest BCUT2D eigenvalue weighted by Crippen LogP contribution is -2.22. The summed E-state index contributed by atoms with van der Waals surface area (Å²) < 4.78 is 1.70. The van der Waals surface area contributed by atoms with Crippen LogP contribution in [0.4, 0.5) is 5.69 Å². The highest BCUT2D eigenvalue weighted by molar-refractivity contribution is 5.94. The first-order valence-electron chi connectivity index (χ1n) is 11.3. The number of anilines is 1. The number of hydrogen-bond acceptors (Lipinski definition) is 4. The second-order valence-corrected chi connectivity index (χ2v) is 8.35. The molecule has 4 aromatic rings. The summed E-state index contributed by atoms with van der Waals surface area (Å²) in [6, 6.07) is 18.8. The van der Waals surface area contributed by atoms with Gasteiger partial charge in [0.2, 0.25) is 0 Å². The molecule has 1 aliphatic rings. The standard InChI is InChI=1S/C26H28N4O.ClH/c1-2-3-8-23-24(19-9-11-20(12-10-19)28-21-13-15-27-17-21)26(31)30-16-14-18-6-4-5-7-22(18)25(30)29-23;/h4-7,9-12,14,16,21,27-28H,2-3,8,13,15,17H2,1H3;1H/t21-;/m1./s1. The van der Waals surface area contributed by atoms with Crippen molar-refractivity contribution < 1.29 is 0 Å². The van der Waals surface area contributed by atoms with Gasteiger partial charge in [0, 0.05) is 29.9 Å². The van der Waals surface area contributed by atoms with E-state index in [9.17, 15) is 4.79 Å².